The smallest absolute Gasteiger partial charge is 0.123 e. The maximum atomic E-state index is 13.2. The normalized spacial score (nSPS) is 14.6. The molecular weight excluding hydrogens is 217 g/mol. The molecule has 3 N–H and O–H groups in total. The van der Waals surface area contributed by atoms with Crippen LogP contribution in [-0.4, -0.2) is 18.3 Å². The highest BCUT2D eigenvalue weighted by Gasteiger charge is 2.27. The van der Waals surface area contributed by atoms with E-state index in [9.17, 15) is 9.50 Å². The molecule has 2 nitrogen and oxygen atoms in total. The van der Waals surface area contributed by atoms with Crippen molar-refractivity contribution in [2.24, 2.45) is 11.1 Å². The van der Waals surface area contributed by atoms with Crippen LogP contribution in [0, 0.1) is 18.2 Å². The SMILES string of the molecule is CCCC(CN)(CO)Cc1cc(F)ccc1C. The van der Waals surface area contributed by atoms with Gasteiger partial charge in [0.05, 0.1) is 6.61 Å². The lowest BCUT2D eigenvalue weighted by Gasteiger charge is -2.31. The van der Waals surface area contributed by atoms with Gasteiger partial charge in [0.25, 0.3) is 0 Å². The number of benzene rings is 1. The maximum Gasteiger partial charge on any atom is 0.123 e. The third-order valence-electron chi connectivity index (χ3n) is 3.43. The van der Waals surface area contributed by atoms with Crippen molar-refractivity contribution in [3.63, 3.8) is 0 Å². The van der Waals surface area contributed by atoms with Crippen LogP contribution < -0.4 is 5.73 Å². The molecule has 0 aliphatic carbocycles. The summed E-state index contributed by atoms with van der Waals surface area (Å²) in [6.45, 7) is 4.50. The molecule has 0 amide bonds. The fraction of sp³-hybridized carbons (Fsp3) is 0.571. The predicted molar refractivity (Wildman–Crippen MR) is 68.3 cm³/mol. The molecule has 0 aromatic heterocycles. The van der Waals surface area contributed by atoms with Crippen LogP contribution in [0.25, 0.3) is 0 Å². The van der Waals surface area contributed by atoms with E-state index in [4.69, 9.17) is 5.73 Å². The van der Waals surface area contributed by atoms with Gasteiger partial charge in [-0.1, -0.05) is 19.4 Å². The minimum absolute atomic E-state index is 0.0489. The van der Waals surface area contributed by atoms with E-state index in [2.05, 4.69) is 6.92 Å². The average Bonchev–Trinajstić information content (AvgIpc) is 2.33. The van der Waals surface area contributed by atoms with Crippen LogP contribution in [0.3, 0.4) is 0 Å². The third-order valence-corrected chi connectivity index (χ3v) is 3.43. The highest BCUT2D eigenvalue weighted by atomic mass is 19.1. The van der Waals surface area contributed by atoms with E-state index >= 15 is 0 Å². The predicted octanol–water partition coefficient (Wildman–Crippen LogP) is 2.41. The molecule has 1 unspecified atom stereocenters. The van der Waals surface area contributed by atoms with E-state index in [1.807, 2.05) is 6.92 Å². The zero-order valence-electron chi connectivity index (χ0n) is 10.7. The van der Waals surface area contributed by atoms with E-state index in [0.29, 0.717) is 13.0 Å². The first-order valence-electron chi connectivity index (χ1n) is 6.13. The van der Waals surface area contributed by atoms with Crippen LogP contribution in [0.1, 0.15) is 30.9 Å². The molecule has 3 heteroatoms. The summed E-state index contributed by atoms with van der Waals surface area (Å²) in [5, 5.41) is 9.56. The van der Waals surface area contributed by atoms with E-state index in [0.717, 1.165) is 24.0 Å². The topological polar surface area (TPSA) is 46.2 Å². The van der Waals surface area contributed by atoms with E-state index in [-0.39, 0.29) is 17.8 Å². The van der Waals surface area contributed by atoms with E-state index in [1.165, 1.54) is 6.07 Å². The number of halogens is 1. The number of aliphatic hydroxyl groups excluding tert-OH is 1. The zero-order valence-corrected chi connectivity index (χ0v) is 10.7. The molecule has 0 saturated heterocycles. The molecule has 1 aromatic carbocycles. The molecule has 0 saturated carbocycles. The summed E-state index contributed by atoms with van der Waals surface area (Å²) in [6, 6.07) is 4.78. The molecule has 0 spiro atoms. The lowest BCUT2D eigenvalue weighted by Crippen LogP contribution is -2.36. The Labute approximate surface area is 103 Å². The highest BCUT2D eigenvalue weighted by molar-refractivity contribution is 5.27. The van der Waals surface area contributed by atoms with Crippen LogP contribution in [0.5, 0.6) is 0 Å². The molecule has 1 aromatic rings. The number of aryl methyl sites for hydroxylation is 1. The molecule has 0 fully saturated rings. The summed E-state index contributed by atoms with van der Waals surface area (Å²) in [4.78, 5) is 0. The summed E-state index contributed by atoms with van der Waals surface area (Å²) in [5.74, 6) is -0.231. The zero-order chi connectivity index (χ0) is 12.9. The molecule has 1 rings (SSSR count). The Bertz CT molecular complexity index is 361. The summed E-state index contributed by atoms with van der Waals surface area (Å²) in [7, 11) is 0. The largest absolute Gasteiger partial charge is 0.396 e. The van der Waals surface area contributed by atoms with Crippen LogP contribution in [0.2, 0.25) is 0 Å². The Morgan fingerprint density at radius 2 is 2.12 bits per heavy atom. The highest BCUT2D eigenvalue weighted by Crippen LogP contribution is 2.28. The first-order chi connectivity index (χ1) is 8.06. The van der Waals surface area contributed by atoms with Crippen molar-refractivity contribution in [2.45, 2.75) is 33.1 Å². The van der Waals surface area contributed by atoms with Crippen molar-refractivity contribution >= 4 is 0 Å². The standard InChI is InChI=1S/C14H22FNO/c1-3-6-14(9-16,10-17)8-12-7-13(15)5-4-11(12)2/h4-5,7,17H,3,6,8-10,16H2,1-2H3. The van der Waals surface area contributed by atoms with Crippen molar-refractivity contribution in [3.05, 3.63) is 35.1 Å². The maximum absolute atomic E-state index is 13.2. The van der Waals surface area contributed by atoms with Gasteiger partial charge in [-0.3, -0.25) is 0 Å². The minimum atomic E-state index is -0.312. The Morgan fingerprint density at radius 1 is 1.41 bits per heavy atom. The molecule has 0 aliphatic rings. The summed E-state index contributed by atoms with van der Waals surface area (Å²) in [6.07, 6.45) is 2.46. The number of hydrogen-bond acceptors (Lipinski definition) is 2. The second-order valence-corrected chi connectivity index (χ2v) is 4.86. The Kier molecular flexibility index (Phi) is 5.09. The van der Waals surface area contributed by atoms with Crippen LogP contribution >= 0.6 is 0 Å². The number of rotatable bonds is 6. The van der Waals surface area contributed by atoms with Gasteiger partial charge in [0.1, 0.15) is 5.82 Å². The number of hydrogen-bond donors (Lipinski definition) is 2. The second-order valence-electron chi connectivity index (χ2n) is 4.86. The first kappa shape index (κ1) is 14.1. The Balaban J connectivity index is 2.96. The molecule has 0 bridgehead atoms. The summed E-state index contributed by atoms with van der Waals surface area (Å²) in [5.41, 5.74) is 7.47. The monoisotopic (exact) mass is 239 g/mol. The van der Waals surface area contributed by atoms with Gasteiger partial charge in [0.2, 0.25) is 0 Å². The fourth-order valence-electron chi connectivity index (χ4n) is 2.23. The molecule has 0 radical (unpaired) electrons. The first-order valence-corrected chi connectivity index (χ1v) is 6.13. The lowest BCUT2D eigenvalue weighted by atomic mass is 9.78. The number of nitrogens with two attached hydrogens (primary N) is 1. The van der Waals surface area contributed by atoms with Gasteiger partial charge < -0.3 is 10.8 Å². The Morgan fingerprint density at radius 3 is 2.65 bits per heavy atom. The van der Waals surface area contributed by atoms with Crippen molar-refractivity contribution in [3.8, 4) is 0 Å². The van der Waals surface area contributed by atoms with Crippen molar-refractivity contribution in [1.82, 2.24) is 0 Å². The quantitative estimate of drug-likeness (QED) is 0.800. The molecule has 0 heterocycles. The van der Waals surface area contributed by atoms with Crippen molar-refractivity contribution in [2.75, 3.05) is 13.2 Å². The fourth-order valence-corrected chi connectivity index (χ4v) is 2.23. The van der Waals surface area contributed by atoms with Crippen LogP contribution in [-0.2, 0) is 6.42 Å². The minimum Gasteiger partial charge on any atom is -0.396 e. The van der Waals surface area contributed by atoms with Crippen molar-refractivity contribution < 1.29 is 9.50 Å². The Hall–Kier alpha value is -0.930. The van der Waals surface area contributed by atoms with Gasteiger partial charge in [-0.2, -0.15) is 0 Å². The molecule has 0 aliphatic heterocycles. The third kappa shape index (κ3) is 3.51. The van der Waals surface area contributed by atoms with Gasteiger partial charge in [-0.25, -0.2) is 4.39 Å². The molecule has 96 valence electrons. The van der Waals surface area contributed by atoms with Gasteiger partial charge >= 0.3 is 0 Å². The molecule has 1 atom stereocenters. The van der Waals surface area contributed by atoms with E-state index < -0.39 is 0 Å². The lowest BCUT2D eigenvalue weighted by molar-refractivity contribution is 0.121. The van der Waals surface area contributed by atoms with Crippen LogP contribution in [0.4, 0.5) is 4.39 Å². The second kappa shape index (κ2) is 6.12. The van der Waals surface area contributed by atoms with E-state index in [1.54, 1.807) is 12.1 Å². The molecule has 17 heavy (non-hydrogen) atoms. The van der Waals surface area contributed by atoms with Gasteiger partial charge in [0.15, 0.2) is 0 Å². The number of aliphatic hydroxyl groups is 1. The van der Waals surface area contributed by atoms with Crippen molar-refractivity contribution in [1.29, 1.82) is 0 Å². The summed E-state index contributed by atoms with van der Waals surface area (Å²) >= 11 is 0. The van der Waals surface area contributed by atoms with Crippen LogP contribution in [0.15, 0.2) is 18.2 Å². The van der Waals surface area contributed by atoms with Gasteiger partial charge in [-0.05, 0) is 43.0 Å². The van der Waals surface area contributed by atoms with Gasteiger partial charge in [-0.15, -0.1) is 0 Å². The average molecular weight is 239 g/mol. The summed E-state index contributed by atoms with van der Waals surface area (Å²) < 4.78 is 13.2. The van der Waals surface area contributed by atoms with Gasteiger partial charge in [0, 0.05) is 12.0 Å². The molecular formula is C14H22FNO.